The van der Waals surface area contributed by atoms with E-state index in [0.717, 1.165) is 4.90 Å². The lowest BCUT2D eigenvalue weighted by Gasteiger charge is -2.08. The number of hydrazine groups is 1. The molecule has 0 saturated carbocycles. The maximum atomic E-state index is 10.8. The SMILES string of the molecule is CSc1ccccc1OCC(=O)NN. The number of hydrogen-bond donors (Lipinski definition) is 2. The number of nitrogens with one attached hydrogen (secondary N) is 1. The van der Waals surface area contributed by atoms with Crippen molar-refractivity contribution in [3.05, 3.63) is 24.3 Å². The molecule has 0 radical (unpaired) electrons. The zero-order valence-electron chi connectivity index (χ0n) is 7.82. The zero-order chi connectivity index (χ0) is 10.4. The first kappa shape index (κ1) is 10.9. The Bertz CT molecular complexity index is 317. The van der Waals surface area contributed by atoms with Crippen LogP contribution >= 0.6 is 11.8 Å². The fourth-order valence-electron chi connectivity index (χ4n) is 0.923. The Hall–Kier alpha value is -1.20. The van der Waals surface area contributed by atoms with Crippen molar-refractivity contribution in [3.8, 4) is 5.75 Å². The highest BCUT2D eigenvalue weighted by Crippen LogP contribution is 2.26. The van der Waals surface area contributed by atoms with Crippen LogP contribution in [0.4, 0.5) is 0 Å². The quantitative estimate of drug-likeness (QED) is 0.335. The van der Waals surface area contributed by atoms with E-state index in [4.69, 9.17) is 10.6 Å². The summed E-state index contributed by atoms with van der Waals surface area (Å²) >= 11 is 1.57. The highest BCUT2D eigenvalue weighted by Gasteiger charge is 2.03. The van der Waals surface area contributed by atoms with Gasteiger partial charge in [0.2, 0.25) is 0 Å². The van der Waals surface area contributed by atoms with E-state index in [0.29, 0.717) is 5.75 Å². The maximum Gasteiger partial charge on any atom is 0.271 e. The minimum Gasteiger partial charge on any atom is -0.483 e. The molecule has 1 amide bonds. The molecule has 0 fully saturated rings. The molecule has 0 aliphatic rings. The number of thioether (sulfide) groups is 1. The van der Waals surface area contributed by atoms with Crippen LogP contribution in [0.2, 0.25) is 0 Å². The molecule has 1 rings (SSSR count). The van der Waals surface area contributed by atoms with Crippen LogP contribution in [0.3, 0.4) is 0 Å². The molecule has 1 aromatic rings. The zero-order valence-corrected chi connectivity index (χ0v) is 8.64. The highest BCUT2D eigenvalue weighted by atomic mass is 32.2. The number of benzene rings is 1. The summed E-state index contributed by atoms with van der Waals surface area (Å²) in [5, 5.41) is 0. The molecule has 0 atom stereocenters. The van der Waals surface area contributed by atoms with Crippen molar-refractivity contribution in [1.29, 1.82) is 0 Å². The van der Waals surface area contributed by atoms with E-state index in [1.807, 2.05) is 35.9 Å². The first-order chi connectivity index (χ1) is 6.77. The van der Waals surface area contributed by atoms with Gasteiger partial charge in [-0.25, -0.2) is 5.84 Å². The molecule has 0 heterocycles. The topological polar surface area (TPSA) is 64.3 Å². The van der Waals surface area contributed by atoms with E-state index in [1.165, 1.54) is 0 Å². The molecule has 0 bridgehead atoms. The number of ether oxygens (including phenoxy) is 1. The molecule has 0 aliphatic heterocycles. The summed E-state index contributed by atoms with van der Waals surface area (Å²) < 4.78 is 5.27. The van der Waals surface area contributed by atoms with Gasteiger partial charge in [-0.05, 0) is 18.4 Å². The van der Waals surface area contributed by atoms with E-state index < -0.39 is 0 Å². The third kappa shape index (κ3) is 2.93. The van der Waals surface area contributed by atoms with Gasteiger partial charge in [-0.3, -0.25) is 10.2 Å². The summed E-state index contributed by atoms with van der Waals surface area (Å²) in [6, 6.07) is 7.52. The summed E-state index contributed by atoms with van der Waals surface area (Å²) in [5.74, 6) is 5.27. The van der Waals surface area contributed by atoms with Crippen molar-refractivity contribution >= 4 is 17.7 Å². The van der Waals surface area contributed by atoms with Crippen molar-refractivity contribution in [1.82, 2.24) is 5.43 Å². The van der Waals surface area contributed by atoms with Gasteiger partial charge in [-0.1, -0.05) is 12.1 Å². The molecule has 5 heteroatoms. The molecule has 0 aliphatic carbocycles. The van der Waals surface area contributed by atoms with Crippen LogP contribution in [0, 0.1) is 0 Å². The first-order valence-corrected chi connectivity index (χ1v) is 5.25. The lowest BCUT2D eigenvalue weighted by molar-refractivity contribution is -0.123. The lowest BCUT2D eigenvalue weighted by atomic mass is 10.3. The van der Waals surface area contributed by atoms with Crippen molar-refractivity contribution in [2.45, 2.75) is 4.90 Å². The normalized spacial score (nSPS) is 9.57. The van der Waals surface area contributed by atoms with Gasteiger partial charge in [0.15, 0.2) is 6.61 Å². The molecule has 0 spiro atoms. The molecule has 4 nitrogen and oxygen atoms in total. The van der Waals surface area contributed by atoms with E-state index >= 15 is 0 Å². The highest BCUT2D eigenvalue weighted by molar-refractivity contribution is 7.98. The van der Waals surface area contributed by atoms with Gasteiger partial charge >= 0.3 is 0 Å². The Morgan fingerprint density at radius 2 is 2.29 bits per heavy atom. The Labute approximate surface area is 86.8 Å². The molecule has 3 N–H and O–H groups in total. The van der Waals surface area contributed by atoms with Gasteiger partial charge in [-0.2, -0.15) is 0 Å². The number of amides is 1. The van der Waals surface area contributed by atoms with Crippen LogP contribution in [0.5, 0.6) is 5.75 Å². The molecule has 76 valence electrons. The van der Waals surface area contributed by atoms with Gasteiger partial charge in [0.25, 0.3) is 5.91 Å². The summed E-state index contributed by atoms with van der Waals surface area (Å²) in [7, 11) is 0. The summed E-state index contributed by atoms with van der Waals surface area (Å²) in [4.78, 5) is 11.8. The minimum atomic E-state index is -0.346. The van der Waals surface area contributed by atoms with E-state index in [2.05, 4.69) is 0 Å². The molecular formula is C9H12N2O2S. The number of rotatable bonds is 4. The number of nitrogens with two attached hydrogens (primary N) is 1. The fourth-order valence-corrected chi connectivity index (χ4v) is 1.47. The van der Waals surface area contributed by atoms with Gasteiger partial charge in [0.1, 0.15) is 5.75 Å². The van der Waals surface area contributed by atoms with Gasteiger partial charge < -0.3 is 4.74 Å². The van der Waals surface area contributed by atoms with Gasteiger partial charge in [0, 0.05) is 4.90 Å². The largest absolute Gasteiger partial charge is 0.483 e. The van der Waals surface area contributed by atoms with Crippen LogP contribution < -0.4 is 16.0 Å². The second-order valence-electron chi connectivity index (χ2n) is 2.51. The molecular weight excluding hydrogens is 200 g/mol. The van der Waals surface area contributed by atoms with Crippen molar-refractivity contribution in [2.24, 2.45) is 5.84 Å². The minimum absolute atomic E-state index is 0.0614. The van der Waals surface area contributed by atoms with E-state index in [9.17, 15) is 4.79 Å². The third-order valence-electron chi connectivity index (χ3n) is 1.59. The summed E-state index contributed by atoms with van der Waals surface area (Å²) in [6.07, 6.45) is 1.95. The maximum absolute atomic E-state index is 10.8. The fraction of sp³-hybridized carbons (Fsp3) is 0.222. The first-order valence-electron chi connectivity index (χ1n) is 4.03. The average Bonchev–Trinajstić information content (AvgIpc) is 2.26. The van der Waals surface area contributed by atoms with Gasteiger partial charge in [0.05, 0.1) is 0 Å². The third-order valence-corrected chi connectivity index (χ3v) is 2.37. The second-order valence-corrected chi connectivity index (χ2v) is 3.36. The monoisotopic (exact) mass is 212 g/mol. The summed E-state index contributed by atoms with van der Waals surface area (Å²) in [6.45, 7) is -0.0614. The predicted octanol–water partition coefficient (Wildman–Crippen LogP) is 0.777. The second kappa shape index (κ2) is 5.51. The Kier molecular flexibility index (Phi) is 4.28. The van der Waals surface area contributed by atoms with Crippen molar-refractivity contribution < 1.29 is 9.53 Å². The molecule has 0 saturated heterocycles. The van der Waals surface area contributed by atoms with Crippen LogP contribution in [0.15, 0.2) is 29.2 Å². The smallest absolute Gasteiger partial charge is 0.271 e. The molecule has 1 aromatic carbocycles. The average molecular weight is 212 g/mol. The Balaban J connectivity index is 2.61. The number of carbonyl (C=O) groups excluding carboxylic acids is 1. The van der Waals surface area contributed by atoms with E-state index in [1.54, 1.807) is 11.8 Å². The predicted molar refractivity (Wildman–Crippen MR) is 56.0 cm³/mol. The number of carbonyl (C=O) groups is 1. The van der Waals surface area contributed by atoms with Crippen molar-refractivity contribution in [3.63, 3.8) is 0 Å². The molecule has 0 aromatic heterocycles. The summed E-state index contributed by atoms with van der Waals surface area (Å²) in [5.41, 5.74) is 2.00. The van der Waals surface area contributed by atoms with Crippen LogP contribution in [0.1, 0.15) is 0 Å². The van der Waals surface area contributed by atoms with Crippen LogP contribution in [-0.4, -0.2) is 18.8 Å². The Morgan fingerprint density at radius 1 is 1.57 bits per heavy atom. The number of hydrogen-bond acceptors (Lipinski definition) is 4. The molecule has 0 unspecified atom stereocenters. The lowest BCUT2D eigenvalue weighted by Crippen LogP contribution is -2.34. The van der Waals surface area contributed by atoms with E-state index in [-0.39, 0.29) is 12.5 Å². The van der Waals surface area contributed by atoms with Crippen LogP contribution in [0.25, 0.3) is 0 Å². The van der Waals surface area contributed by atoms with Gasteiger partial charge in [-0.15, -0.1) is 11.8 Å². The Morgan fingerprint density at radius 3 is 2.93 bits per heavy atom. The van der Waals surface area contributed by atoms with Crippen molar-refractivity contribution in [2.75, 3.05) is 12.9 Å². The molecule has 14 heavy (non-hydrogen) atoms. The standard InChI is InChI=1S/C9H12N2O2S/c1-14-8-5-3-2-4-7(8)13-6-9(12)11-10/h2-5H,6,10H2,1H3,(H,11,12). The van der Waals surface area contributed by atoms with Crippen LogP contribution in [-0.2, 0) is 4.79 Å². The number of para-hydroxylation sites is 1.